The van der Waals surface area contributed by atoms with Crippen LogP contribution in [0.4, 0.5) is 10.2 Å². The smallest absolute Gasteiger partial charge is 0.165 e. The Kier molecular flexibility index (Phi) is 3.44. The van der Waals surface area contributed by atoms with Gasteiger partial charge in [-0.1, -0.05) is 24.3 Å². The van der Waals surface area contributed by atoms with Crippen molar-refractivity contribution in [2.45, 2.75) is 18.9 Å². The molecule has 148 valence electrons. The normalized spacial score (nSPS) is 14.0. The van der Waals surface area contributed by atoms with E-state index in [4.69, 9.17) is 5.73 Å². The highest BCUT2D eigenvalue weighted by Gasteiger charge is 2.26. The maximum absolute atomic E-state index is 13.8. The van der Waals surface area contributed by atoms with Gasteiger partial charge in [-0.25, -0.2) is 14.4 Å². The minimum absolute atomic E-state index is 0.223. The Hall–Kier alpha value is -3.87. The summed E-state index contributed by atoms with van der Waals surface area (Å²) in [6.45, 7) is 0. The summed E-state index contributed by atoms with van der Waals surface area (Å²) >= 11 is 0. The van der Waals surface area contributed by atoms with Gasteiger partial charge < -0.3 is 20.0 Å². The summed E-state index contributed by atoms with van der Waals surface area (Å²) in [5.41, 5.74) is 11.2. The van der Waals surface area contributed by atoms with E-state index in [-0.39, 0.29) is 11.8 Å². The first-order chi connectivity index (χ1) is 14.6. The first-order valence-corrected chi connectivity index (χ1v) is 9.78. The molecule has 5 aromatic rings. The highest BCUT2D eigenvalue weighted by Crippen LogP contribution is 2.37. The first kappa shape index (κ1) is 17.0. The fraction of sp³-hybridized carbons (Fsp3) is 0.130. The zero-order valence-corrected chi connectivity index (χ0v) is 16.0. The van der Waals surface area contributed by atoms with Crippen molar-refractivity contribution in [3.05, 3.63) is 78.1 Å². The number of nitrogens with zero attached hydrogens (tertiary/aromatic N) is 4. The van der Waals surface area contributed by atoms with Crippen LogP contribution in [0.2, 0.25) is 0 Å². The van der Waals surface area contributed by atoms with Gasteiger partial charge in [0.1, 0.15) is 17.8 Å². The molecule has 0 fully saturated rings. The molecule has 0 saturated heterocycles. The number of fused-ring (bicyclic) bond motifs is 3. The largest absolute Gasteiger partial charge is 0.505 e. The topological polar surface area (TPSA) is 81.9 Å². The van der Waals surface area contributed by atoms with Crippen molar-refractivity contribution >= 4 is 27.8 Å². The summed E-state index contributed by atoms with van der Waals surface area (Å²) in [7, 11) is 0. The third kappa shape index (κ3) is 2.35. The number of aromatic hydroxyl groups is 1. The van der Waals surface area contributed by atoms with Crippen molar-refractivity contribution < 1.29 is 9.50 Å². The third-order valence-electron chi connectivity index (χ3n) is 6.06. The molecule has 0 atom stereocenters. The van der Waals surface area contributed by atoms with E-state index in [0.717, 1.165) is 29.6 Å². The molecule has 0 aliphatic heterocycles. The molecule has 0 radical (unpaired) electrons. The second kappa shape index (κ2) is 6.06. The fourth-order valence-electron chi connectivity index (χ4n) is 4.64. The average molecular weight is 399 g/mol. The van der Waals surface area contributed by atoms with Crippen molar-refractivity contribution in [2.24, 2.45) is 0 Å². The van der Waals surface area contributed by atoms with E-state index in [9.17, 15) is 9.50 Å². The molecule has 3 heterocycles. The number of nitrogens with two attached hydrogens (primary N) is 1. The molecule has 1 aliphatic carbocycles. The summed E-state index contributed by atoms with van der Waals surface area (Å²) in [5, 5.41) is 11.3. The molecule has 0 amide bonds. The molecular formula is C23H18FN5O. The maximum Gasteiger partial charge on any atom is 0.165 e. The molecule has 6 rings (SSSR count). The number of nitrogen functional groups attached to an aromatic ring is 1. The Labute approximate surface area is 171 Å². The molecule has 0 saturated carbocycles. The Morgan fingerprint density at radius 2 is 1.83 bits per heavy atom. The number of phenols is 1. The summed E-state index contributed by atoms with van der Waals surface area (Å²) < 4.78 is 17.9. The molecule has 2 aromatic carbocycles. The predicted octanol–water partition coefficient (Wildman–Crippen LogP) is 4.14. The van der Waals surface area contributed by atoms with Gasteiger partial charge in [0.2, 0.25) is 0 Å². The van der Waals surface area contributed by atoms with Gasteiger partial charge in [0.05, 0.1) is 16.6 Å². The van der Waals surface area contributed by atoms with Crippen LogP contribution < -0.4 is 5.73 Å². The molecule has 1 aliphatic rings. The molecule has 7 heteroatoms. The van der Waals surface area contributed by atoms with Crippen LogP contribution in [-0.4, -0.2) is 24.2 Å². The number of phenolic OH excluding ortho intramolecular Hbond substituents is 1. The lowest BCUT2D eigenvalue weighted by atomic mass is 10.1. The van der Waals surface area contributed by atoms with Crippen LogP contribution in [0.3, 0.4) is 0 Å². The van der Waals surface area contributed by atoms with Crippen LogP contribution in [-0.2, 0) is 12.8 Å². The summed E-state index contributed by atoms with van der Waals surface area (Å²) in [6, 6.07) is 13.3. The lowest BCUT2D eigenvalue weighted by molar-refractivity contribution is 0.433. The van der Waals surface area contributed by atoms with Crippen LogP contribution in [0.25, 0.3) is 27.6 Å². The number of rotatable bonds is 2. The second-order valence-electron chi connectivity index (χ2n) is 7.76. The predicted molar refractivity (Wildman–Crippen MR) is 113 cm³/mol. The monoisotopic (exact) mass is 399 g/mol. The number of hydrogen-bond acceptors (Lipinski definition) is 4. The zero-order valence-electron chi connectivity index (χ0n) is 16.0. The van der Waals surface area contributed by atoms with Crippen molar-refractivity contribution in [1.82, 2.24) is 19.1 Å². The molecule has 30 heavy (non-hydrogen) atoms. The Morgan fingerprint density at radius 1 is 1.07 bits per heavy atom. The number of benzene rings is 2. The quantitative estimate of drug-likeness (QED) is 0.467. The molecule has 6 nitrogen and oxygen atoms in total. The number of aromatic nitrogens is 4. The second-order valence-corrected chi connectivity index (χ2v) is 7.76. The third-order valence-corrected chi connectivity index (χ3v) is 6.06. The maximum atomic E-state index is 13.8. The SMILES string of the molecule is Nc1ncnc2c1c(-n1ccc3cc(F)c(O)cc31)cn2C1Cc2ccccc2C1. The Balaban J connectivity index is 1.57. The van der Waals surface area contributed by atoms with Gasteiger partial charge in [0.15, 0.2) is 11.6 Å². The minimum Gasteiger partial charge on any atom is -0.505 e. The molecule has 0 bridgehead atoms. The number of halogens is 1. The van der Waals surface area contributed by atoms with Crippen LogP contribution in [0, 0.1) is 5.82 Å². The van der Waals surface area contributed by atoms with Gasteiger partial charge in [0, 0.05) is 29.9 Å². The van der Waals surface area contributed by atoms with Gasteiger partial charge >= 0.3 is 0 Å². The number of anilines is 1. The fourth-order valence-corrected chi connectivity index (χ4v) is 4.64. The molecular weight excluding hydrogens is 381 g/mol. The van der Waals surface area contributed by atoms with E-state index in [1.54, 1.807) is 0 Å². The average Bonchev–Trinajstić information content (AvgIpc) is 3.43. The van der Waals surface area contributed by atoms with Crippen molar-refractivity contribution in [2.75, 3.05) is 5.73 Å². The highest BCUT2D eigenvalue weighted by molar-refractivity contribution is 5.97. The van der Waals surface area contributed by atoms with Crippen molar-refractivity contribution in [3.63, 3.8) is 0 Å². The van der Waals surface area contributed by atoms with Crippen molar-refractivity contribution in [1.29, 1.82) is 0 Å². The molecule has 3 aromatic heterocycles. The van der Waals surface area contributed by atoms with Crippen LogP contribution in [0.5, 0.6) is 5.75 Å². The Bertz CT molecular complexity index is 1430. The molecule has 0 spiro atoms. The van der Waals surface area contributed by atoms with E-state index < -0.39 is 5.82 Å². The highest BCUT2D eigenvalue weighted by atomic mass is 19.1. The van der Waals surface area contributed by atoms with Gasteiger partial charge in [-0.15, -0.1) is 0 Å². The van der Waals surface area contributed by atoms with E-state index in [1.807, 2.05) is 23.0 Å². The van der Waals surface area contributed by atoms with E-state index in [1.165, 1.54) is 29.6 Å². The number of hydrogen-bond donors (Lipinski definition) is 2. The van der Waals surface area contributed by atoms with Crippen molar-refractivity contribution in [3.8, 4) is 11.4 Å². The van der Waals surface area contributed by atoms with Gasteiger partial charge in [-0.2, -0.15) is 0 Å². The van der Waals surface area contributed by atoms with Crippen LogP contribution in [0.1, 0.15) is 17.2 Å². The van der Waals surface area contributed by atoms with Crippen LogP contribution in [0.15, 0.2) is 61.2 Å². The molecule has 3 N–H and O–H groups in total. The van der Waals surface area contributed by atoms with Crippen LogP contribution >= 0.6 is 0 Å². The summed E-state index contributed by atoms with van der Waals surface area (Å²) in [5.74, 6) is -0.645. The van der Waals surface area contributed by atoms with E-state index in [2.05, 4.69) is 38.8 Å². The lowest BCUT2D eigenvalue weighted by Gasteiger charge is -2.12. The Morgan fingerprint density at radius 3 is 2.60 bits per heavy atom. The summed E-state index contributed by atoms with van der Waals surface area (Å²) in [6.07, 6.45) is 7.20. The van der Waals surface area contributed by atoms with E-state index in [0.29, 0.717) is 16.7 Å². The standard InChI is InChI=1S/C23H18FN5O/c24-17-9-15-5-6-28(18(15)10-20(17)30)19-11-29(23-21(19)22(25)26-12-27-23)16-7-13-3-1-2-4-14(13)8-16/h1-6,9-12,16,30H,7-8H2,(H2,25,26,27). The minimum atomic E-state index is -0.644. The van der Waals surface area contributed by atoms with Gasteiger partial charge in [-0.3, -0.25) is 0 Å². The van der Waals surface area contributed by atoms with Gasteiger partial charge in [0.25, 0.3) is 0 Å². The molecule has 0 unspecified atom stereocenters. The van der Waals surface area contributed by atoms with Gasteiger partial charge in [-0.05, 0) is 36.1 Å². The summed E-state index contributed by atoms with van der Waals surface area (Å²) in [4.78, 5) is 8.74. The zero-order chi connectivity index (χ0) is 20.4. The first-order valence-electron chi connectivity index (χ1n) is 9.78. The van der Waals surface area contributed by atoms with E-state index >= 15 is 0 Å². The lowest BCUT2D eigenvalue weighted by Crippen LogP contribution is -2.08.